The van der Waals surface area contributed by atoms with Gasteiger partial charge in [-0.05, 0) is 42.0 Å². The predicted octanol–water partition coefficient (Wildman–Crippen LogP) is 3.75. The molecule has 2 aromatic rings. The number of ether oxygens (including phenoxy) is 2. The Balaban J connectivity index is 1.52. The van der Waals surface area contributed by atoms with Gasteiger partial charge < -0.3 is 14.8 Å². The number of halogens is 1. The third-order valence-electron chi connectivity index (χ3n) is 5.99. The van der Waals surface area contributed by atoms with Crippen molar-refractivity contribution in [1.82, 2.24) is 10.2 Å². The molecule has 0 aliphatic carbocycles. The van der Waals surface area contributed by atoms with E-state index in [0.717, 1.165) is 36.3 Å². The van der Waals surface area contributed by atoms with E-state index in [4.69, 9.17) is 9.47 Å². The lowest BCUT2D eigenvalue weighted by molar-refractivity contribution is -0.130. The Kier molecular flexibility index (Phi) is 7.03. The summed E-state index contributed by atoms with van der Waals surface area (Å²) in [5.74, 6) is 0.109. The van der Waals surface area contributed by atoms with Crippen LogP contribution in [0.1, 0.15) is 29.3 Å². The third kappa shape index (κ3) is 4.75. The molecule has 156 valence electrons. The number of nitrogens with zero attached hydrogens (tertiary/aromatic N) is 1. The average Bonchev–Trinajstić information content (AvgIpc) is 3.30. The summed E-state index contributed by atoms with van der Waals surface area (Å²) in [7, 11) is 0. The van der Waals surface area contributed by atoms with Gasteiger partial charge in [0.2, 0.25) is 5.91 Å². The highest BCUT2D eigenvalue weighted by atomic mass is 79.9. The monoisotopic (exact) mass is 478 g/mol. The van der Waals surface area contributed by atoms with Crippen LogP contribution in [0.4, 0.5) is 0 Å². The van der Waals surface area contributed by atoms with Gasteiger partial charge in [-0.15, -0.1) is 11.3 Å². The van der Waals surface area contributed by atoms with Crippen molar-refractivity contribution < 1.29 is 14.3 Å². The number of thiophene rings is 1. The molecule has 0 radical (unpaired) electrons. The Morgan fingerprint density at radius 2 is 1.79 bits per heavy atom. The van der Waals surface area contributed by atoms with Crippen molar-refractivity contribution >= 4 is 33.2 Å². The largest absolute Gasteiger partial charge is 0.381 e. The second kappa shape index (κ2) is 9.71. The van der Waals surface area contributed by atoms with Crippen molar-refractivity contribution in [3.05, 3.63) is 56.7 Å². The second-order valence-corrected chi connectivity index (χ2v) is 9.49. The van der Waals surface area contributed by atoms with Crippen LogP contribution in [-0.2, 0) is 19.7 Å². The minimum atomic E-state index is -0.524. The summed E-state index contributed by atoms with van der Waals surface area (Å²) in [6.07, 6.45) is 1.42. The molecule has 2 aliphatic rings. The van der Waals surface area contributed by atoms with E-state index in [1.807, 2.05) is 12.1 Å². The van der Waals surface area contributed by atoms with Crippen LogP contribution in [0.5, 0.6) is 0 Å². The van der Waals surface area contributed by atoms with E-state index in [2.05, 4.69) is 55.8 Å². The zero-order chi connectivity index (χ0) is 20.1. The number of benzene rings is 1. The van der Waals surface area contributed by atoms with Crippen molar-refractivity contribution in [3.63, 3.8) is 0 Å². The van der Waals surface area contributed by atoms with Gasteiger partial charge in [0.25, 0.3) is 0 Å². The minimum Gasteiger partial charge on any atom is -0.381 e. The minimum absolute atomic E-state index is 0.109. The van der Waals surface area contributed by atoms with Crippen molar-refractivity contribution in [1.29, 1.82) is 0 Å². The summed E-state index contributed by atoms with van der Waals surface area (Å²) in [4.78, 5) is 17.3. The summed E-state index contributed by atoms with van der Waals surface area (Å²) in [5, 5.41) is 5.41. The normalized spacial score (nSPS) is 20.9. The number of hydrogen-bond donors (Lipinski definition) is 1. The molecule has 7 heteroatoms. The molecule has 2 fully saturated rings. The van der Waals surface area contributed by atoms with E-state index >= 15 is 0 Å². The molecule has 1 atom stereocenters. The maximum atomic E-state index is 13.5. The summed E-state index contributed by atoms with van der Waals surface area (Å²) < 4.78 is 12.1. The van der Waals surface area contributed by atoms with Crippen molar-refractivity contribution in [2.45, 2.75) is 24.3 Å². The van der Waals surface area contributed by atoms with Gasteiger partial charge in [0.1, 0.15) is 0 Å². The van der Waals surface area contributed by atoms with Gasteiger partial charge in [-0.1, -0.05) is 34.1 Å². The van der Waals surface area contributed by atoms with Gasteiger partial charge in [0.05, 0.1) is 24.7 Å². The number of hydrogen-bond acceptors (Lipinski definition) is 5. The molecule has 1 unspecified atom stereocenters. The van der Waals surface area contributed by atoms with E-state index in [-0.39, 0.29) is 11.9 Å². The molecule has 0 spiro atoms. The molecule has 0 saturated carbocycles. The fourth-order valence-electron chi connectivity index (χ4n) is 4.27. The zero-order valence-corrected chi connectivity index (χ0v) is 18.8. The highest BCUT2D eigenvalue weighted by molar-refractivity contribution is 9.10. The fraction of sp³-hybridized carbons (Fsp3) is 0.500. The quantitative estimate of drug-likeness (QED) is 0.686. The molecule has 29 heavy (non-hydrogen) atoms. The number of rotatable bonds is 6. The van der Waals surface area contributed by atoms with Crippen LogP contribution in [0.25, 0.3) is 0 Å². The van der Waals surface area contributed by atoms with E-state index in [0.29, 0.717) is 32.6 Å². The predicted molar refractivity (Wildman–Crippen MR) is 118 cm³/mol. The molecule has 1 N–H and O–H groups in total. The Hall–Kier alpha value is -1.25. The Morgan fingerprint density at radius 3 is 2.45 bits per heavy atom. The maximum Gasteiger partial charge on any atom is 0.230 e. The molecule has 4 rings (SSSR count). The van der Waals surface area contributed by atoms with Crippen LogP contribution < -0.4 is 5.32 Å². The summed E-state index contributed by atoms with van der Waals surface area (Å²) in [6.45, 7) is 5.11. The van der Waals surface area contributed by atoms with Gasteiger partial charge in [-0.25, -0.2) is 0 Å². The molecule has 3 heterocycles. The first-order valence-corrected chi connectivity index (χ1v) is 11.8. The van der Waals surface area contributed by atoms with Crippen LogP contribution in [0, 0.1) is 0 Å². The Morgan fingerprint density at radius 1 is 1.10 bits per heavy atom. The first kappa shape index (κ1) is 21.0. The van der Waals surface area contributed by atoms with E-state index < -0.39 is 5.41 Å². The van der Waals surface area contributed by atoms with Gasteiger partial charge in [-0.3, -0.25) is 9.69 Å². The van der Waals surface area contributed by atoms with Crippen LogP contribution in [-0.4, -0.2) is 56.9 Å². The van der Waals surface area contributed by atoms with E-state index in [1.165, 1.54) is 4.88 Å². The highest BCUT2D eigenvalue weighted by Crippen LogP contribution is 2.36. The summed E-state index contributed by atoms with van der Waals surface area (Å²) in [6, 6.07) is 12.6. The van der Waals surface area contributed by atoms with Crippen molar-refractivity contribution in [2.75, 3.05) is 46.1 Å². The lowest BCUT2D eigenvalue weighted by Crippen LogP contribution is -2.50. The fourth-order valence-corrected chi connectivity index (χ4v) is 5.40. The lowest BCUT2D eigenvalue weighted by Gasteiger charge is -2.38. The molecular weight excluding hydrogens is 452 g/mol. The highest BCUT2D eigenvalue weighted by Gasteiger charge is 2.42. The smallest absolute Gasteiger partial charge is 0.230 e. The molecule has 0 bridgehead atoms. The Bertz CT molecular complexity index is 785. The second-order valence-electron chi connectivity index (χ2n) is 7.59. The number of amides is 1. The summed E-state index contributed by atoms with van der Waals surface area (Å²) >= 11 is 5.25. The average molecular weight is 479 g/mol. The molecule has 1 amide bonds. The van der Waals surface area contributed by atoms with Crippen LogP contribution >= 0.6 is 27.3 Å². The molecule has 2 aliphatic heterocycles. The topological polar surface area (TPSA) is 50.8 Å². The number of nitrogens with one attached hydrogen (secondary N) is 1. The van der Waals surface area contributed by atoms with Gasteiger partial charge in [0.15, 0.2) is 0 Å². The van der Waals surface area contributed by atoms with E-state index in [1.54, 1.807) is 11.3 Å². The van der Waals surface area contributed by atoms with Crippen LogP contribution in [0.2, 0.25) is 0 Å². The maximum absolute atomic E-state index is 13.5. The number of carbonyl (C=O) groups excluding carboxylic acids is 1. The van der Waals surface area contributed by atoms with Crippen molar-refractivity contribution in [2.24, 2.45) is 0 Å². The SMILES string of the molecule is O=C(NCC(c1cccs1)N1CCOCC1)C1(c2ccc(Br)cc2)CCOCC1. The molecule has 5 nitrogen and oxygen atoms in total. The summed E-state index contributed by atoms with van der Waals surface area (Å²) in [5.41, 5.74) is 0.546. The molecule has 2 saturated heterocycles. The van der Waals surface area contributed by atoms with Crippen molar-refractivity contribution in [3.8, 4) is 0 Å². The first-order chi connectivity index (χ1) is 14.2. The molecular formula is C22H27BrN2O3S. The molecule has 1 aromatic heterocycles. The van der Waals surface area contributed by atoms with Crippen LogP contribution in [0.15, 0.2) is 46.3 Å². The lowest BCUT2D eigenvalue weighted by atomic mass is 9.73. The standard InChI is InChI=1S/C22H27BrN2O3S/c23-18-5-3-17(4-6-18)22(7-11-27-12-8-22)21(26)24-16-19(20-2-1-15-29-20)25-9-13-28-14-10-25/h1-6,15,19H,7-14,16H2,(H,24,26). The number of carbonyl (C=O) groups is 1. The van der Waals surface area contributed by atoms with E-state index in [9.17, 15) is 4.79 Å². The molecule has 1 aromatic carbocycles. The first-order valence-electron chi connectivity index (χ1n) is 10.2. The zero-order valence-electron chi connectivity index (χ0n) is 16.4. The van der Waals surface area contributed by atoms with Gasteiger partial charge in [-0.2, -0.15) is 0 Å². The van der Waals surface area contributed by atoms with Gasteiger partial charge >= 0.3 is 0 Å². The van der Waals surface area contributed by atoms with Gasteiger partial charge in [0, 0.05) is 42.2 Å². The number of morpholine rings is 1. The Labute approximate surface area is 184 Å². The van der Waals surface area contributed by atoms with Crippen LogP contribution in [0.3, 0.4) is 0 Å². The third-order valence-corrected chi connectivity index (χ3v) is 7.49.